The molecule has 5 nitrogen and oxygen atoms in total. The van der Waals surface area contributed by atoms with Crippen LogP contribution in [0.1, 0.15) is 6.92 Å². The maximum absolute atomic E-state index is 12.7. The van der Waals surface area contributed by atoms with Gasteiger partial charge in [-0.05, 0) is 13.0 Å². The minimum atomic E-state index is -4.90. The zero-order valence-electron chi connectivity index (χ0n) is 11.5. The number of hydrogen-bond donors (Lipinski definition) is 2. The van der Waals surface area contributed by atoms with Gasteiger partial charge in [0, 0.05) is 6.07 Å². The predicted molar refractivity (Wildman–Crippen MR) is 71.8 cm³/mol. The van der Waals surface area contributed by atoms with Gasteiger partial charge >= 0.3 is 6.18 Å². The van der Waals surface area contributed by atoms with Gasteiger partial charge in [-0.3, -0.25) is 4.79 Å². The molecule has 0 fully saturated rings. The molecule has 0 spiro atoms. The van der Waals surface area contributed by atoms with E-state index in [9.17, 15) is 18.0 Å². The van der Waals surface area contributed by atoms with Crippen LogP contribution in [-0.4, -0.2) is 31.8 Å². The van der Waals surface area contributed by atoms with E-state index in [2.05, 4.69) is 5.32 Å². The third-order valence-electron chi connectivity index (χ3n) is 2.78. The standard InChI is InChI=1S/C12H14ClF3N2O3/c1-11(17,12(14,15)16)10(19)18-7-4-6(13)8(20-2)5-9(7)21-3/h4-5H,17H2,1-3H3,(H,18,19). The smallest absolute Gasteiger partial charge is 0.415 e. The summed E-state index contributed by atoms with van der Waals surface area (Å²) >= 11 is 5.86. The van der Waals surface area contributed by atoms with Crippen molar-refractivity contribution in [1.82, 2.24) is 0 Å². The average molecular weight is 327 g/mol. The van der Waals surface area contributed by atoms with Gasteiger partial charge in [0.15, 0.2) is 5.54 Å². The summed E-state index contributed by atoms with van der Waals surface area (Å²) in [4.78, 5) is 11.7. The number of halogens is 4. The van der Waals surface area contributed by atoms with Crippen molar-refractivity contribution in [2.45, 2.75) is 18.6 Å². The van der Waals surface area contributed by atoms with Crippen LogP contribution in [0.4, 0.5) is 18.9 Å². The normalized spacial score (nSPS) is 14.3. The molecule has 0 bridgehead atoms. The second kappa shape index (κ2) is 5.98. The summed E-state index contributed by atoms with van der Waals surface area (Å²) in [5.74, 6) is -1.10. The predicted octanol–water partition coefficient (Wildman–Crippen LogP) is 2.58. The Hall–Kier alpha value is -1.67. The largest absolute Gasteiger partial charge is 0.495 e. The van der Waals surface area contributed by atoms with E-state index in [0.717, 1.165) is 0 Å². The van der Waals surface area contributed by atoms with Crippen molar-refractivity contribution >= 4 is 23.2 Å². The molecule has 1 aromatic carbocycles. The number of amides is 1. The summed E-state index contributed by atoms with van der Waals surface area (Å²) in [7, 11) is 2.64. The van der Waals surface area contributed by atoms with Crippen molar-refractivity contribution in [3.63, 3.8) is 0 Å². The van der Waals surface area contributed by atoms with Crippen LogP contribution in [0.5, 0.6) is 11.5 Å². The van der Waals surface area contributed by atoms with Crippen LogP contribution in [0.25, 0.3) is 0 Å². The summed E-state index contributed by atoms with van der Waals surface area (Å²) in [6.07, 6.45) is -4.90. The highest BCUT2D eigenvalue weighted by Gasteiger charge is 2.54. The molecular formula is C12H14ClF3N2O3. The lowest BCUT2D eigenvalue weighted by Crippen LogP contribution is -2.59. The van der Waals surface area contributed by atoms with Crippen molar-refractivity contribution in [3.8, 4) is 11.5 Å². The van der Waals surface area contributed by atoms with E-state index in [1.54, 1.807) is 0 Å². The average Bonchev–Trinajstić information content (AvgIpc) is 2.37. The monoisotopic (exact) mass is 326 g/mol. The number of anilines is 1. The Bertz CT molecular complexity index is 547. The first-order chi connectivity index (χ1) is 9.54. The van der Waals surface area contributed by atoms with E-state index in [1.807, 2.05) is 0 Å². The Morgan fingerprint density at radius 1 is 1.24 bits per heavy atom. The maximum atomic E-state index is 12.7. The lowest BCUT2D eigenvalue weighted by atomic mass is 10.0. The lowest BCUT2D eigenvalue weighted by molar-refractivity contribution is -0.184. The molecule has 1 rings (SSSR count). The van der Waals surface area contributed by atoms with E-state index in [1.165, 1.54) is 26.4 Å². The van der Waals surface area contributed by atoms with Gasteiger partial charge in [0.05, 0.1) is 24.9 Å². The van der Waals surface area contributed by atoms with Gasteiger partial charge < -0.3 is 20.5 Å². The van der Waals surface area contributed by atoms with Crippen LogP contribution in [0.3, 0.4) is 0 Å². The Labute approximate surface area is 124 Å². The highest BCUT2D eigenvalue weighted by molar-refractivity contribution is 6.32. The Kier molecular flexibility index (Phi) is 4.95. The van der Waals surface area contributed by atoms with Crippen LogP contribution < -0.4 is 20.5 Å². The highest BCUT2D eigenvalue weighted by Crippen LogP contribution is 2.37. The van der Waals surface area contributed by atoms with Crippen molar-refractivity contribution in [2.75, 3.05) is 19.5 Å². The number of rotatable bonds is 4. The van der Waals surface area contributed by atoms with E-state index >= 15 is 0 Å². The molecule has 1 aromatic rings. The molecule has 0 aromatic heterocycles. The minimum absolute atomic E-state index is 0.0470. The quantitative estimate of drug-likeness (QED) is 0.892. The van der Waals surface area contributed by atoms with Gasteiger partial charge in [-0.15, -0.1) is 0 Å². The molecule has 1 amide bonds. The van der Waals surface area contributed by atoms with Crippen molar-refractivity contribution in [1.29, 1.82) is 0 Å². The maximum Gasteiger partial charge on any atom is 0.415 e. The number of carbonyl (C=O) groups excluding carboxylic acids is 1. The number of ether oxygens (including phenoxy) is 2. The first kappa shape index (κ1) is 17.4. The molecule has 1 unspecified atom stereocenters. The van der Waals surface area contributed by atoms with Crippen LogP contribution >= 0.6 is 11.6 Å². The van der Waals surface area contributed by atoms with Crippen LogP contribution in [0.15, 0.2) is 12.1 Å². The molecule has 3 N–H and O–H groups in total. The topological polar surface area (TPSA) is 73.6 Å². The fraction of sp³-hybridized carbons (Fsp3) is 0.417. The van der Waals surface area contributed by atoms with Crippen molar-refractivity contribution < 1.29 is 27.4 Å². The highest BCUT2D eigenvalue weighted by atomic mass is 35.5. The van der Waals surface area contributed by atoms with Gasteiger partial charge in [0.1, 0.15) is 11.5 Å². The minimum Gasteiger partial charge on any atom is -0.495 e. The second-order valence-electron chi connectivity index (χ2n) is 4.34. The molecule has 1 atom stereocenters. The first-order valence-electron chi connectivity index (χ1n) is 5.63. The Balaban J connectivity index is 3.14. The number of benzene rings is 1. The molecule has 0 radical (unpaired) electrons. The fourth-order valence-corrected chi connectivity index (χ4v) is 1.58. The summed E-state index contributed by atoms with van der Waals surface area (Å²) in [5.41, 5.74) is 1.94. The van der Waals surface area contributed by atoms with Crippen LogP contribution in [-0.2, 0) is 4.79 Å². The number of nitrogens with one attached hydrogen (secondary N) is 1. The van der Waals surface area contributed by atoms with Gasteiger partial charge in [0.2, 0.25) is 0 Å². The molecular weight excluding hydrogens is 313 g/mol. The SMILES string of the molecule is COc1cc(OC)c(NC(=O)C(C)(N)C(F)(F)F)cc1Cl. The summed E-state index contributed by atoms with van der Waals surface area (Å²) < 4.78 is 48.0. The summed E-state index contributed by atoms with van der Waals surface area (Å²) in [5, 5.41) is 2.15. The van der Waals surface area contributed by atoms with Gasteiger partial charge in [-0.25, -0.2) is 0 Å². The van der Waals surface area contributed by atoms with E-state index in [0.29, 0.717) is 6.92 Å². The van der Waals surface area contributed by atoms with Gasteiger partial charge in [-0.2, -0.15) is 13.2 Å². The zero-order chi connectivity index (χ0) is 16.4. The van der Waals surface area contributed by atoms with Crippen molar-refractivity contribution in [3.05, 3.63) is 17.2 Å². The van der Waals surface area contributed by atoms with Gasteiger partial charge in [0.25, 0.3) is 5.91 Å². The Morgan fingerprint density at radius 2 is 1.76 bits per heavy atom. The third kappa shape index (κ3) is 3.51. The number of nitrogens with two attached hydrogens (primary N) is 1. The van der Waals surface area contributed by atoms with E-state index in [4.69, 9.17) is 26.8 Å². The summed E-state index contributed by atoms with van der Waals surface area (Å²) in [6.45, 7) is 0.569. The number of methoxy groups -OCH3 is 2. The molecule has 0 aliphatic carbocycles. The molecule has 0 saturated heterocycles. The number of carbonyl (C=O) groups is 1. The van der Waals surface area contributed by atoms with Crippen molar-refractivity contribution in [2.24, 2.45) is 5.73 Å². The van der Waals surface area contributed by atoms with Crippen LogP contribution in [0, 0.1) is 0 Å². The van der Waals surface area contributed by atoms with E-state index < -0.39 is 17.6 Å². The van der Waals surface area contributed by atoms with E-state index in [-0.39, 0.29) is 22.2 Å². The first-order valence-corrected chi connectivity index (χ1v) is 6.01. The molecule has 0 aliphatic rings. The second-order valence-corrected chi connectivity index (χ2v) is 4.75. The number of hydrogen-bond acceptors (Lipinski definition) is 4. The Morgan fingerprint density at radius 3 is 2.19 bits per heavy atom. The zero-order valence-corrected chi connectivity index (χ0v) is 12.2. The summed E-state index contributed by atoms with van der Waals surface area (Å²) in [6, 6.07) is 2.54. The lowest BCUT2D eigenvalue weighted by Gasteiger charge is -2.26. The molecule has 0 aliphatic heterocycles. The molecule has 9 heteroatoms. The third-order valence-corrected chi connectivity index (χ3v) is 3.08. The molecule has 21 heavy (non-hydrogen) atoms. The number of alkyl halides is 3. The van der Waals surface area contributed by atoms with Gasteiger partial charge in [-0.1, -0.05) is 11.6 Å². The van der Waals surface area contributed by atoms with Crippen LogP contribution in [0.2, 0.25) is 5.02 Å². The molecule has 0 saturated carbocycles. The molecule has 118 valence electrons. The molecule has 0 heterocycles. The fourth-order valence-electron chi connectivity index (χ4n) is 1.34.